The summed E-state index contributed by atoms with van der Waals surface area (Å²) in [7, 11) is 1.58. The van der Waals surface area contributed by atoms with Crippen LogP contribution in [0.15, 0.2) is 52.2 Å². The molecule has 10 nitrogen and oxygen atoms in total. The highest BCUT2D eigenvalue weighted by Gasteiger charge is 2.27. The number of methoxy groups -OCH3 is 1. The summed E-state index contributed by atoms with van der Waals surface area (Å²) >= 11 is 1.27. The van der Waals surface area contributed by atoms with E-state index in [1.54, 1.807) is 21.0 Å². The number of aromatic carboxylic acids is 1. The van der Waals surface area contributed by atoms with Crippen LogP contribution in [0.3, 0.4) is 0 Å². The summed E-state index contributed by atoms with van der Waals surface area (Å²) in [5, 5.41) is 9.83. The Morgan fingerprint density at radius 1 is 1.24 bits per heavy atom. The molecule has 0 radical (unpaired) electrons. The second kappa shape index (κ2) is 12.1. The van der Waals surface area contributed by atoms with Gasteiger partial charge in [0, 0.05) is 25.0 Å². The lowest BCUT2D eigenvalue weighted by atomic mass is 10.1. The molecule has 4 aromatic rings. The Morgan fingerprint density at radius 2 is 2.00 bits per heavy atom. The first-order chi connectivity index (χ1) is 19.8. The SMILES string of the molecule is CC#Cc1sc2c(c1C)c(=O)n(-c1ccnc(C(=O)O)c1)c(=O)n2CC(OC1CCOCC1)c1ccccc1OC. The van der Waals surface area contributed by atoms with Gasteiger partial charge >= 0.3 is 11.7 Å². The molecule has 1 aliphatic heterocycles. The van der Waals surface area contributed by atoms with Gasteiger partial charge in [-0.1, -0.05) is 24.1 Å². The second-order valence-electron chi connectivity index (χ2n) is 9.53. The highest BCUT2D eigenvalue weighted by molar-refractivity contribution is 7.19. The van der Waals surface area contributed by atoms with Gasteiger partial charge < -0.3 is 19.3 Å². The van der Waals surface area contributed by atoms with Crippen molar-refractivity contribution in [2.75, 3.05) is 20.3 Å². The lowest BCUT2D eigenvalue weighted by molar-refractivity contribution is -0.0752. The smallest absolute Gasteiger partial charge is 0.354 e. The van der Waals surface area contributed by atoms with Crippen LogP contribution in [0.25, 0.3) is 15.9 Å². The van der Waals surface area contributed by atoms with E-state index in [4.69, 9.17) is 14.2 Å². The number of carboxylic acids is 1. The van der Waals surface area contributed by atoms with Crippen LogP contribution in [0, 0.1) is 18.8 Å². The summed E-state index contributed by atoms with van der Waals surface area (Å²) in [5.41, 5.74) is 0.0566. The molecule has 1 aliphatic rings. The van der Waals surface area contributed by atoms with Gasteiger partial charge in [0.15, 0.2) is 0 Å². The van der Waals surface area contributed by atoms with Crippen molar-refractivity contribution in [3.63, 3.8) is 0 Å². The number of ether oxygens (including phenoxy) is 3. The minimum Gasteiger partial charge on any atom is -0.496 e. The molecule has 212 valence electrons. The summed E-state index contributed by atoms with van der Waals surface area (Å²) in [6.45, 7) is 4.73. The Kier molecular flexibility index (Phi) is 8.35. The number of hydrogen-bond acceptors (Lipinski definition) is 8. The maximum Gasteiger partial charge on any atom is 0.354 e. The summed E-state index contributed by atoms with van der Waals surface area (Å²) in [6.07, 6.45) is 1.98. The fourth-order valence-corrected chi connectivity index (χ4v) is 6.21. The van der Waals surface area contributed by atoms with Crippen molar-refractivity contribution in [1.29, 1.82) is 0 Å². The van der Waals surface area contributed by atoms with Crippen molar-refractivity contribution in [1.82, 2.24) is 14.1 Å². The van der Waals surface area contributed by atoms with Gasteiger partial charge in [0.05, 0.1) is 35.7 Å². The standard InChI is InChI=1S/C30H29N3O7S/c1-4-7-25-18(2)26-27(34)33(19-10-13-31-22(16-19)29(35)36)30(37)32(28(26)41-25)17-24(40-20-11-14-39-15-12-20)21-8-5-6-9-23(21)38-3/h5-6,8-10,13,16,20,24H,11-12,14-15,17H2,1-3H3,(H,35,36). The molecule has 1 unspecified atom stereocenters. The van der Waals surface area contributed by atoms with Crippen molar-refractivity contribution in [2.45, 2.75) is 45.4 Å². The number of carbonyl (C=O) groups is 1. The molecule has 0 bridgehead atoms. The molecule has 4 heterocycles. The topological polar surface area (TPSA) is 122 Å². The van der Waals surface area contributed by atoms with Gasteiger partial charge in [-0.2, -0.15) is 0 Å². The molecule has 0 aliphatic carbocycles. The van der Waals surface area contributed by atoms with Gasteiger partial charge in [0.2, 0.25) is 0 Å². The van der Waals surface area contributed by atoms with Gasteiger partial charge in [0.1, 0.15) is 22.4 Å². The zero-order valence-corrected chi connectivity index (χ0v) is 23.7. The van der Waals surface area contributed by atoms with E-state index in [9.17, 15) is 19.5 Å². The quantitative estimate of drug-likeness (QED) is 0.314. The predicted molar refractivity (Wildman–Crippen MR) is 154 cm³/mol. The van der Waals surface area contributed by atoms with Gasteiger partial charge in [-0.15, -0.1) is 17.3 Å². The first kappa shape index (κ1) is 28.3. The van der Waals surface area contributed by atoms with Crippen LogP contribution >= 0.6 is 11.3 Å². The Balaban J connectivity index is 1.75. The van der Waals surface area contributed by atoms with Crippen molar-refractivity contribution in [2.24, 2.45) is 0 Å². The monoisotopic (exact) mass is 575 g/mol. The summed E-state index contributed by atoms with van der Waals surface area (Å²) in [6, 6.07) is 10.1. The number of fused-ring (bicyclic) bond motifs is 1. The zero-order valence-electron chi connectivity index (χ0n) is 22.9. The van der Waals surface area contributed by atoms with Crippen LogP contribution in [0.5, 0.6) is 5.75 Å². The average Bonchev–Trinajstić information content (AvgIpc) is 3.31. The third kappa shape index (κ3) is 5.54. The third-order valence-corrected chi connectivity index (χ3v) is 8.26. The van der Waals surface area contributed by atoms with Gasteiger partial charge in [0.25, 0.3) is 5.56 Å². The van der Waals surface area contributed by atoms with Crippen molar-refractivity contribution < 1.29 is 24.1 Å². The number of pyridine rings is 1. The molecule has 11 heteroatoms. The number of aromatic nitrogens is 3. The maximum absolute atomic E-state index is 14.2. The number of hydrogen-bond donors (Lipinski definition) is 1. The Bertz CT molecular complexity index is 1790. The van der Waals surface area contributed by atoms with Crippen LogP contribution in [-0.4, -0.2) is 51.6 Å². The number of para-hydroxylation sites is 1. The van der Waals surface area contributed by atoms with Gasteiger partial charge in [-0.3, -0.25) is 9.36 Å². The van der Waals surface area contributed by atoms with E-state index in [1.807, 2.05) is 24.3 Å². The predicted octanol–water partition coefficient (Wildman–Crippen LogP) is 3.93. The summed E-state index contributed by atoms with van der Waals surface area (Å²) in [4.78, 5) is 44.7. The fraction of sp³-hybridized carbons (Fsp3) is 0.333. The lowest BCUT2D eigenvalue weighted by Gasteiger charge is -2.29. The molecule has 3 aromatic heterocycles. The number of rotatable bonds is 8. The van der Waals surface area contributed by atoms with Crippen LogP contribution in [0.1, 0.15) is 52.4 Å². The van der Waals surface area contributed by atoms with Crippen LogP contribution < -0.4 is 16.0 Å². The van der Waals surface area contributed by atoms with Crippen LogP contribution in [-0.2, 0) is 16.0 Å². The molecule has 0 amide bonds. The molecular formula is C30H29N3O7S. The number of benzene rings is 1. The number of carboxylic acid groups (broad SMARTS) is 1. The second-order valence-corrected chi connectivity index (χ2v) is 10.5. The van der Waals surface area contributed by atoms with E-state index in [0.717, 1.165) is 10.1 Å². The normalized spacial score (nSPS) is 14.4. The molecule has 5 rings (SSSR count). The highest BCUT2D eigenvalue weighted by Crippen LogP contribution is 2.34. The van der Waals surface area contributed by atoms with Crippen LogP contribution in [0.4, 0.5) is 0 Å². The number of thiophene rings is 1. The minimum atomic E-state index is -1.27. The first-order valence-electron chi connectivity index (χ1n) is 13.1. The largest absolute Gasteiger partial charge is 0.496 e. The van der Waals surface area contributed by atoms with Gasteiger partial charge in [-0.25, -0.2) is 19.1 Å². The highest BCUT2D eigenvalue weighted by atomic mass is 32.1. The molecule has 1 saturated heterocycles. The molecule has 1 atom stereocenters. The average molecular weight is 576 g/mol. The molecular weight excluding hydrogens is 546 g/mol. The molecule has 1 aromatic carbocycles. The van der Waals surface area contributed by atoms with E-state index in [1.165, 1.54) is 34.2 Å². The van der Waals surface area contributed by atoms with Crippen LogP contribution in [0.2, 0.25) is 0 Å². The molecule has 1 N–H and O–H groups in total. The van der Waals surface area contributed by atoms with E-state index >= 15 is 0 Å². The maximum atomic E-state index is 14.2. The van der Waals surface area contributed by atoms with E-state index in [2.05, 4.69) is 16.8 Å². The third-order valence-electron chi connectivity index (χ3n) is 7.03. The van der Waals surface area contributed by atoms with Crippen molar-refractivity contribution >= 4 is 27.5 Å². The Morgan fingerprint density at radius 3 is 2.71 bits per heavy atom. The minimum absolute atomic E-state index is 0.0726. The van der Waals surface area contributed by atoms with E-state index < -0.39 is 23.3 Å². The molecule has 41 heavy (non-hydrogen) atoms. The molecule has 0 spiro atoms. The Labute approximate surface area is 239 Å². The molecule has 1 fully saturated rings. The fourth-order valence-electron chi connectivity index (χ4n) is 5.00. The van der Waals surface area contributed by atoms with Crippen molar-refractivity contribution in [3.8, 4) is 23.3 Å². The zero-order chi connectivity index (χ0) is 29.1. The van der Waals surface area contributed by atoms with E-state index in [0.29, 0.717) is 52.5 Å². The Hall–Kier alpha value is -4.24. The molecule has 0 saturated carbocycles. The number of nitrogens with zero attached hydrogens (tertiary/aromatic N) is 3. The first-order valence-corrected chi connectivity index (χ1v) is 13.9. The number of aryl methyl sites for hydroxylation is 1. The van der Waals surface area contributed by atoms with Crippen molar-refractivity contribution in [3.05, 3.63) is 85.1 Å². The lowest BCUT2D eigenvalue weighted by Crippen LogP contribution is -2.40. The summed E-state index contributed by atoms with van der Waals surface area (Å²) < 4.78 is 20.3. The van der Waals surface area contributed by atoms with E-state index in [-0.39, 0.29) is 24.0 Å². The van der Waals surface area contributed by atoms with Gasteiger partial charge in [-0.05, 0) is 50.5 Å². The summed E-state index contributed by atoms with van der Waals surface area (Å²) in [5.74, 6) is 5.27.